The molecule has 0 saturated heterocycles. The lowest BCUT2D eigenvalue weighted by Gasteiger charge is -2.09. The zero-order chi connectivity index (χ0) is 15.9. The molecule has 0 aliphatic rings. The third kappa shape index (κ3) is 3.95. The fraction of sp³-hybridized carbons (Fsp3) is 0.214. The maximum absolute atomic E-state index is 11.9. The third-order valence-corrected chi connectivity index (χ3v) is 3.41. The molecule has 3 amide bonds. The minimum Gasteiger partial charge on any atom is -0.495 e. The van der Waals surface area contributed by atoms with Crippen LogP contribution in [0.5, 0.6) is 5.75 Å². The number of amides is 3. The molecule has 0 unspecified atom stereocenters. The standard InChI is InChI=1S/C14H16N4O3S/c1-3-15-12(19)10-8-22-14(17-10)18-13(20)16-9-6-4-5-7-11(9)21-2/h4-8H,3H2,1-2H3,(H,15,19)(H2,16,17,18,20). The Balaban J connectivity index is 1.99. The Bertz CT molecular complexity index is 672. The van der Waals surface area contributed by atoms with Crippen LogP contribution in [-0.2, 0) is 0 Å². The second-order valence-electron chi connectivity index (χ2n) is 4.18. The van der Waals surface area contributed by atoms with E-state index in [2.05, 4.69) is 20.9 Å². The van der Waals surface area contributed by atoms with Crippen molar-refractivity contribution in [1.82, 2.24) is 10.3 Å². The molecule has 0 fully saturated rings. The fourth-order valence-electron chi connectivity index (χ4n) is 1.69. The number of nitrogens with one attached hydrogen (secondary N) is 3. The number of urea groups is 1. The number of thiazole rings is 1. The summed E-state index contributed by atoms with van der Waals surface area (Å²) in [5, 5.41) is 9.82. The number of para-hydroxylation sites is 2. The number of carbonyl (C=O) groups is 2. The molecular formula is C14H16N4O3S. The number of aromatic nitrogens is 1. The maximum Gasteiger partial charge on any atom is 0.325 e. The van der Waals surface area contributed by atoms with Gasteiger partial charge in [-0.05, 0) is 19.1 Å². The summed E-state index contributed by atoms with van der Waals surface area (Å²) in [7, 11) is 1.53. The van der Waals surface area contributed by atoms with Gasteiger partial charge in [-0.25, -0.2) is 9.78 Å². The Morgan fingerprint density at radius 2 is 2.05 bits per heavy atom. The van der Waals surface area contributed by atoms with Gasteiger partial charge in [0.15, 0.2) is 5.13 Å². The number of nitrogens with zero attached hydrogens (tertiary/aromatic N) is 1. The van der Waals surface area contributed by atoms with Crippen molar-refractivity contribution in [1.29, 1.82) is 0 Å². The van der Waals surface area contributed by atoms with Gasteiger partial charge in [0.2, 0.25) is 0 Å². The summed E-state index contributed by atoms with van der Waals surface area (Å²) in [6.45, 7) is 2.34. The first kappa shape index (κ1) is 15.8. The van der Waals surface area contributed by atoms with E-state index in [1.165, 1.54) is 18.4 Å². The van der Waals surface area contributed by atoms with Gasteiger partial charge in [0, 0.05) is 11.9 Å². The lowest BCUT2D eigenvalue weighted by molar-refractivity contribution is 0.0951. The van der Waals surface area contributed by atoms with E-state index in [-0.39, 0.29) is 11.6 Å². The van der Waals surface area contributed by atoms with E-state index in [0.29, 0.717) is 23.1 Å². The highest BCUT2D eigenvalue weighted by molar-refractivity contribution is 7.14. The topological polar surface area (TPSA) is 92.4 Å². The summed E-state index contributed by atoms with van der Waals surface area (Å²) in [5.74, 6) is 0.289. The molecule has 0 spiro atoms. The van der Waals surface area contributed by atoms with Crippen LogP contribution in [0.15, 0.2) is 29.6 Å². The van der Waals surface area contributed by atoms with Crippen LogP contribution in [0.2, 0.25) is 0 Å². The lowest BCUT2D eigenvalue weighted by atomic mass is 10.3. The van der Waals surface area contributed by atoms with Crippen molar-refractivity contribution >= 4 is 34.1 Å². The van der Waals surface area contributed by atoms with E-state index in [1.807, 2.05) is 6.92 Å². The highest BCUT2D eigenvalue weighted by Gasteiger charge is 2.12. The average molecular weight is 320 g/mol. The molecule has 1 aromatic carbocycles. The lowest BCUT2D eigenvalue weighted by Crippen LogP contribution is -2.23. The normalized spacial score (nSPS) is 9.91. The van der Waals surface area contributed by atoms with Crippen LogP contribution in [0.4, 0.5) is 15.6 Å². The van der Waals surface area contributed by atoms with Crippen LogP contribution in [0.1, 0.15) is 17.4 Å². The van der Waals surface area contributed by atoms with Gasteiger partial charge in [-0.1, -0.05) is 12.1 Å². The molecule has 2 rings (SSSR count). The van der Waals surface area contributed by atoms with Gasteiger partial charge in [-0.15, -0.1) is 11.3 Å². The van der Waals surface area contributed by atoms with Crippen LogP contribution in [-0.4, -0.2) is 30.6 Å². The molecule has 0 aliphatic carbocycles. The van der Waals surface area contributed by atoms with E-state index in [0.717, 1.165) is 0 Å². The minimum atomic E-state index is -0.457. The summed E-state index contributed by atoms with van der Waals surface area (Å²) in [5.41, 5.74) is 0.822. The summed E-state index contributed by atoms with van der Waals surface area (Å²) in [4.78, 5) is 27.6. The zero-order valence-electron chi connectivity index (χ0n) is 12.2. The number of anilines is 2. The molecule has 116 valence electrons. The Kier molecular flexibility index (Phi) is 5.31. The number of ether oxygens (including phenoxy) is 1. The Morgan fingerprint density at radius 1 is 1.27 bits per heavy atom. The number of methoxy groups -OCH3 is 1. The van der Waals surface area contributed by atoms with Crippen molar-refractivity contribution in [3.05, 3.63) is 35.3 Å². The Hall–Kier alpha value is -2.61. The monoisotopic (exact) mass is 320 g/mol. The van der Waals surface area contributed by atoms with Crippen LogP contribution in [0.25, 0.3) is 0 Å². The molecule has 0 atom stereocenters. The largest absolute Gasteiger partial charge is 0.495 e. The first-order valence-corrected chi connectivity index (χ1v) is 7.46. The van der Waals surface area contributed by atoms with Crippen LogP contribution >= 0.6 is 11.3 Å². The van der Waals surface area contributed by atoms with Crippen molar-refractivity contribution < 1.29 is 14.3 Å². The average Bonchev–Trinajstić information content (AvgIpc) is 2.96. The molecule has 0 radical (unpaired) electrons. The summed E-state index contributed by atoms with van der Waals surface area (Å²) >= 11 is 1.18. The number of hydrogen-bond acceptors (Lipinski definition) is 5. The van der Waals surface area contributed by atoms with E-state index < -0.39 is 6.03 Å². The Morgan fingerprint density at radius 3 is 2.77 bits per heavy atom. The molecule has 22 heavy (non-hydrogen) atoms. The molecular weight excluding hydrogens is 304 g/mol. The first-order chi connectivity index (χ1) is 10.6. The van der Waals surface area contributed by atoms with Gasteiger partial charge in [0.05, 0.1) is 12.8 Å². The Labute approximate surface area is 131 Å². The first-order valence-electron chi connectivity index (χ1n) is 6.58. The van der Waals surface area contributed by atoms with E-state index in [1.54, 1.807) is 29.6 Å². The van der Waals surface area contributed by atoms with Gasteiger partial charge in [0.25, 0.3) is 5.91 Å². The fourth-order valence-corrected chi connectivity index (χ4v) is 2.37. The van der Waals surface area contributed by atoms with E-state index in [9.17, 15) is 9.59 Å². The highest BCUT2D eigenvalue weighted by atomic mass is 32.1. The summed E-state index contributed by atoms with van der Waals surface area (Å²) in [6.07, 6.45) is 0. The van der Waals surface area contributed by atoms with Gasteiger partial charge < -0.3 is 15.4 Å². The second kappa shape index (κ2) is 7.41. The molecule has 8 heteroatoms. The van der Waals surface area contributed by atoms with E-state index in [4.69, 9.17) is 4.74 Å². The van der Waals surface area contributed by atoms with Crippen molar-refractivity contribution in [2.24, 2.45) is 0 Å². The minimum absolute atomic E-state index is 0.267. The molecule has 3 N–H and O–H groups in total. The molecule has 0 saturated carbocycles. The summed E-state index contributed by atoms with van der Waals surface area (Å²) < 4.78 is 5.15. The molecule has 7 nitrogen and oxygen atoms in total. The predicted molar refractivity (Wildman–Crippen MR) is 85.8 cm³/mol. The van der Waals surface area contributed by atoms with Crippen molar-refractivity contribution in [2.75, 3.05) is 24.3 Å². The third-order valence-electron chi connectivity index (χ3n) is 2.65. The van der Waals surface area contributed by atoms with Crippen molar-refractivity contribution in [2.45, 2.75) is 6.92 Å². The predicted octanol–water partition coefficient (Wildman–Crippen LogP) is 2.55. The summed E-state index contributed by atoms with van der Waals surface area (Å²) in [6, 6.07) is 6.60. The second-order valence-corrected chi connectivity index (χ2v) is 5.03. The number of carbonyl (C=O) groups excluding carboxylic acids is 2. The SMILES string of the molecule is CCNC(=O)c1csc(NC(=O)Nc2ccccc2OC)n1. The number of hydrogen-bond donors (Lipinski definition) is 3. The molecule has 0 bridgehead atoms. The number of benzene rings is 1. The maximum atomic E-state index is 11.9. The quantitative estimate of drug-likeness (QED) is 0.789. The van der Waals surface area contributed by atoms with Gasteiger partial charge in [-0.2, -0.15) is 0 Å². The number of rotatable bonds is 5. The smallest absolute Gasteiger partial charge is 0.325 e. The molecule has 0 aliphatic heterocycles. The zero-order valence-corrected chi connectivity index (χ0v) is 13.0. The van der Waals surface area contributed by atoms with Crippen molar-refractivity contribution in [3.8, 4) is 5.75 Å². The van der Waals surface area contributed by atoms with Crippen molar-refractivity contribution in [3.63, 3.8) is 0 Å². The van der Waals surface area contributed by atoms with Gasteiger partial charge in [-0.3, -0.25) is 10.1 Å². The van der Waals surface area contributed by atoms with Crippen LogP contribution in [0.3, 0.4) is 0 Å². The van der Waals surface area contributed by atoms with Crippen LogP contribution in [0, 0.1) is 0 Å². The van der Waals surface area contributed by atoms with Crippen LogP contribution < -0.4 is 20.7 Å². The molecule has 2 aromatic rings. The van der Waals surface area contributed by atoms with Gasteiger partial charge >= 0.3 is 6.03 Å². The highest BCUT2D eigenvalue weighted by Crippen LogP contribution is 2.23. The van der Waals surface area contributed by atoms with Gasteiger partial charge in [0.1, 0.15) is 11.4 Å². The van der Waals surface area contributed by atoms with E-state index >= 15 is 0 Å². The molecule has 1 aromatic heterocycles. The molecule has 1 heterocycles.